The predicted molar refractivity (Wildman–Crippen MR) is 81.5 cm³/mol. The van der Waals surface area contributed by atoms with E-state index in [1.54, 1.807) is 7.11 Å². The predicted octanol–water partition coefficient (Wildman–Crippen LogP) is 5.50. The van der Waals surface area contributed by atoms with Crippen molar-refractivity contribution in [1.82, 2.24) is 0 Å². The van der Waals surface area contributed by atoms with Gasteiger partial charge in [-0.15, -0.1) is 0 Å². The van der Waals surface area contributed by atoms with Gasteiger partial charge in [0.25, 0.3) is 0 Å². The molecule has 0 N–H and O–H groups in total. The summed E-state index contributed by atoms with van der Waals surface area (Å²) in [5, 5.41) is 0. The number of methoxy groups -OCH3 is 1. The molecule has 0 bridgehead atoms. The minimum atomic E-state index is 0.508. The molecule has 0 amide bonds. The van der Waals surface area contributed by atoms with Crippen molar-refractivity contribution in [1.29, 1.82) is 0 Å². The first-order valence-electron chi connectivity index (χ1n) is 7.08. The molecule has 0 aromatic rings. The molecule has 0 fully saturated rings. The van der Waals surface area contributed by atoms with Crippen molar-refractivity contribution in [3.8, 4) is 0 Å². The Bertz CT molecular complexity index is 299. The molecule has 0 aromatic carbocycles. The zero-order chi connectivity index (χ0) is 14.1. The Morgan fingerprint density at radius 1 is 1.17 bits per heavy atom. The molecule has 1 heteroatoms. The lowest BCUT2D eigenvalue weighted by Gasteiger charge is -2.16. The maximum absolute atomic E-state index is 5.37. The molecule has 1 nitrogen and oxygen atoms in total. The Kier molecular flexibility index (Phi) is 8.53. The summed E-state index contributed by atoms with van der Waals surface area (Å²) in [6, 6.07) is 0. The molecule has 0 saturated carbocycles. The Hall–Kier alpha value is -0.980. The van der Waals surface area contributed by atoms with Gasteiger partial charge in [-0.25, -0.2) is 0 Å². The van der Waals surface area contributed by atoms with Gasteiger partial charge in [-0.2, -0.15) is 0 Å². The molecular weight excluding hydrogens is 220 g/mol. The highest BCUT2D eigenvalue weighted by Crippen LogP contribution is 2.23. The van der Waals surface area contributed by atoms with Crippen molar-refractivity contribution in [3.05, 3.63) is 36.1 Å². The van der Waals surface area contributed by atoms with E-state index in [9.17, 15) is 0 Å². The molecular formula is C17H30O. The molecule has 0 aliphatic heterocycles. The van der Waals surface area contributed by atoms with Crippen LogP contribution >= 0.6 is 0 Å². The average molecular weight is 250 g/mol. The monoisotopic (exact) mass is 250 g/mol. The molecule has 0 radical (unpaired) electrons. The van der Waals surface area contributed by atoms with E-state index in [4.69, 9.17) is 4.74 Å². The smallest absolute Gasteiger partial charge is 0.121 e. The highest BCUT2D eigenvalue weighted by molar-refractivity contribution is 5.31. The molecule has 2 unspecified atom stereocenters. The van der Waals surface area contributed by atoms with Crippen LogP contribution in [0.5, 0.6) is 0 Å². The van der Waals surface area contributed by atoms with Gasteiger partial charge in [0, 0.05) is 0 Å². The zero-order valence-electron chi connectivity index (χ0n) is 12.9. The summed E-state index contributed by atoms with van der Waals surface area (Å²) in [6.07, 6.45) is 6.67. The average Bonchev–Trinajstić information content (AvgIpc) is 2.40. The van der Waals surface area contributed by atoms with Gasteiger partial charge in [-0.1, -0.05) is 53.7 Å². The molecule has 104 valence electrons. The summed E-state index contributed by atoms with van der Waals surface area (Å²) < 4.78 is 5.37. The van der Waals surface area contributed by atoms with Gasteiger partial charge >= 0.3 is 0 Å². The first-order chi connectivity index (χ1) is 8.46. The third kappa shape index (κ3) is 6.09. The maximum atomic E-state index is 5.37. The van der Waals surface area contributed by atoms with Crippen LogP contribution in [-0.4, -0.2) is 7.11 Å². The Balaban J connectivity index is 4.44. The number of hydrogen-bond acceptors (Lipinski definition) is 1. The molecule has 0 heterocycles. The largest absolute Gasteiger partial charge is 0.496 e. The van der Waals surface area contributed by atoms with Crippen LogP contribution in [0.1, 0.15) is 53.4 Å². The molecule has 0 aromatic heterocycles. The Morgan fingerprint density at radius 2 is 1.78 bits per heavy atom. The maximum Gasteiger partial charge on any atom is 0.121 e. The molecule has 0 spiro atoms. The third-order valence-corrected chi connectivity index (χ3v) is 3.73. The second-order valence-corrected chi connectivity index (χ2v) is 5.24. The molecule has 0 aliphatic rings. The summed E-state index contributed by atoms with van der Waals surface area (Å²) in [5.74, 6) is 2.18. The molecule has 0 rings (SSSR count). The van der Waals surface area contributed by atoms with Crippen molar-refractivity contribution in [2.24, 2.45) is 11.8 Å². The summed E-state index contributed by atoms with van der Waals surface area (Å²) >= 11 is 0. The van der Waals surface area contributed by atoms with Crippen LogP contribution < -0.4 is 0 Å². The number of rotatable bonds is 9. The highest BCUT2D eigenvalue weighted by Gasteiger charge is 2.09. The fraction of sp³-hybridized carbons (Fsp3) is 0.647. The van der Waals surface area contributed by atoms with Crippen LogP contribution in [0.25, 0.3) is 0 Å². The lowest BCUT2D eigenvalue weighted by molar-refractivity contribution is 0.298. The quantitative estimate of drug-likeness (QED) is 0.388. The second-order valence-electron chi connectivity index (χ2n) is 5.24. The topological polar surface area (TPSA) is 9.23 Å². The summed E-state index contributed by atoms with van der Waals surface area (Å²) in [6.45, 7) is 17.1. The second kappa shape index (κ2) is 9.02. The van der Waals surface area contributed by atoms with Crippen LogP contribution in [0.4, 0.5) is 0 Å². The molecule has 18 heavy (non-hydrogen) atoms. The summed E-state index contributed by atoms with van der Waals surface area (Å²) in [4.78, 5) is 0. The van der Waals surface area contributed by atoms with Crippen LogP contribution in [0.15, 0.2) is 36.1 Å². The van der Waals surface area contributed by atoms with Crippen LogP contribution in [0, 0.1) is 11.8 Å². The van der Waals surface area contributed by atoms with E-state index in [1.807, 2.05) is 6.08 Å². The van der Waals surface area contributed by atoms with E-state index < -0.39 is 0 Å². The van der Waals surface area contributed by atoms with Crippen molar-refractivity contribution in [3.63, 3.8) is 0 Å². The Labute approximate surface area is 114 Å². The van der Waals surface area contributed by atoms with E-state index in [0.29, 0.717) is 5.92 Å². The van der Waals surface area contributed by atoms with Crippen LogP contribution in [0.2, 0.25) is 0 Å². The van der Waals surface area contributed by atoms with Gasteiger partial charge in [0.15, 0.2) is 0 Å². The number of ether oxygens (including phenoxy) is 1. The van der Waals surface area contributed by atoms with Gasteiger partial charge < -0.3 is 4.74 Å². The van der Waals surface area contributed by atoms with Crippen molar-refractivity contribution in [2.75, 3.05) is 7.11 Å². The fourth-order valence-corrected chi connectivity index (χ4v) is 1.71. The lowest BCUT2D eigenvalue weighted by atomic mass is 9.91. The first-order valence-corrected chi connectivity index (χ1v) is 7.08. The van der Waals surface area contributed by atoms with Crippen molar-refractivity contribution in [2.45, 2.75) is 53.4 Å². The molecule has 2 atom stereocenters. The molecule has 0 saturated heterocycles. The van der Waals surface area contributed by atoms with E-state index in [2.05, 4.69) is 40.9 Å². The van der Waals surface area contributed by atoms with Crippen LogP contribution in [-0.2, 0) is 4.74 Å². The van der Waals surface area contributed by atoms with E-state index in [0.717, 1.165) is 29.2 Å². The SMILES string of the molecule is C=C(CC)/C(=C\C(=C)C(C)CCC(C)CC)OC. The first kappa shape index (κ1) is 17.0. The van der Waals surface area contributed by atoms with E-state index in [1.165, 1.54) is 19.3 Å². The van der Waals surface area contributed by atoms with Gasteiger partial charge in [0.2, 0.25) is 0 Å². The van der Waals surface area contributed by atoms with Crippen molar-refractivity contribution < 1.29 is 4.74 Å². The van der Waals surface area contributed by atoms with Gasteiger partial charge in [0.05, 0.1) is 7.11 Å². The number of hydrogen-bond donors (Lipinski definition) is 0. The van der Waals surface area contributed by atoms with Gasteiger partial charge in [-0.05, 0) is 41.9 Å². The minimum Gasteiger partial charge on any atom is -0.496 e. The third-order valence-electron chi connectivity index (χ3n) is 3.73. The van der Waals surface area contributed by atoms with Crippen molar-refractivity contribution >= 4 is 0 Å². The number of allylic oxidation sites excluding steroid dienone is 3. The Morgan fingerprint density at radius 3 is 2.22 bits per heavy atom. The summed E-state index contributed by atoms with van der Waals surface area (Å²) in [5.41, 5.74) is 2.18. The minimum absolute atomic E-state index is 0.508. The van der Waals surface area contributed by atoms with Gasteiger partial charge in [-0.3, -0.25) is 0 Å². The van der Waals surface area contributed by atoms with Gasteiger partial charge in [0.1, 0.15) is 5.76 Å². The van der Waals surface area contributed by atoms with E-state index in [-0.39, 0.29) is 0 Å². The molecule has 0 aliphatic carbocycles. The highest BCUT2D eigenvalue weighted by atomic mass is 16.5. The van der Waals surface area contributed by atoms with E-state index >= 15 is 0 Å². The normalized spacial score (nSPS) is 15.1. The summed E-state index contributed by atoms with van der Waals surface area (Å²) in [7, 11) is 1.70. The zero-order valence-corrected chi connectivity index (χ0v) is 12.9. The van der Waals surface area contributed by atoms with Crippen LogP contribution in [0.3, 0.4) is 0 Å². The fourth-order valence-electron chi connectivity index (χ4n) is 1.71. The lowest BCUT2D eigenvalue weighted by Crippen LogP contribution is -2.02. The standard InChI is InChI=1S/C17H30O/c1-8-13(3)10-11-15(5)16(6)12-17(18-7)14(4)9-2/h12-13,15H,4,6,8-11H2,1-3,5,7H3/b17-12+.